The second kappa shape index (κ2) is 8.11. The number of nitrogens with zero attached hydrogens (tertiary/aromatic N) is 3. The smallest absolute Gasteiger partial charge is 0.253 e. The lowest BCUT2D eigenvalue weighted by Gasteiger charge is -2.32. The summed E-state index contributed by atoms with van der Waals surface area (Å²) in [5.74, 6) is 0.384. The number of amides is 1. The monoisotopic (exact) mass is 389 g/mol. The van der Waals surface area contributed by atoms with E-state index in [0.29, 0.717) is 30.0 Å². The summed E-state index contributed by atoms with van der Waals surface area (Å²) in [6.07, 6.45) is 3.65. The highest BCUT2D eigenvalue weighted by atomic mass is 19.1. The Morgan fingerprint density at radius 2 is 2.00 bits per heavy atom. The summed E-state index contributed by atoms with van der Waals surface area (Å²) in [6.45, 7) is 5.01. The van der Waals surface area contributed by atoms with E-state index >= 15 is 0 Å². The Hall–Kier alpha value is -3.08. The molecule has 5 heteroatoms. The molecule has 0 radical (unpaired) electrons. The van der Waals surface area contributed by atoms with Crippen LogP contribution in [0.15, 0.2) is 54.7 Å². The van der Waals surface area contributed by atoms with Crippen LogP contribution in [0.25, 0.3) is 11.4 Å². The molecule has 1 aliphatic heterocycles. The minimum absolute atomic E-state index is 0.124. The molecule has 29 heavy (non-hydrogen) atoms. The first-order valence-corrected chi connectivity index (χ1v) is 9.96. The van der Waals surface area contributed by atoms with Crippen molar-refractivity contribution in [2.24, 2.45) is 0 Å². The van der Waals surface area contributed by atoms with E-state index in [-0.39, 0.29) is 17.6 Å². The van der Waals surface area contributed by atoms with Crippen LogP contribution in [-0.4, -0.2) is 33.9 Å². The molecule has 0 N–H and O–H groups in total. The number of carbonyl (C=O) groups excluding carboxylic acids is 1. The first kappa shape index (κ1) is 19.2. The lowest BCUT2D eigenvalue weighted by Crippen LogP contribution is -2.39. The minimum Gasteiger partial charge on any atom is -0.338 e. The molecule has 0 spiro atoms. The van der Waals surface area contributed by atoms with Gasteiger partial charge in [-0.25, -0.2) is 14.4 Å². The Bertz CT molecular complexity index is 1050. The summed E-state index contributed by atoms with van der Waals surface area (Å²) < 4.78 is 13.9. The maximum atomic E-state index is 13.9. The molecule has 1 saturated heterocycles. The van der Waals surface area contributed by atoms with Crippen LogP contribution in [0.1, 0.15) is 45.9 Å². The Kier molecular flexibility index (Phi) is 5.38. The third-order valence-corrected chi connectivity index (χ3v) is 5.50. The lowest BCUT2D eigenvalue weighted by molar-refractivity contribution is 0.0705. The molecule has 1 aliphatic rings. The predicted octanol–water partition coefficient (Wildman–Crippen LogP) is 4.92. The maximum Gasteiger partial charge on any atom is 0.253 e. The second-order valence-corrected chi connectivity index (χ2v) is 7.73. The molecular formula is C24H24FN3O. The highest BCUT2D eigenvalue weighted by molar-refractivity contribution is 5.94. The Labute approximate surface area is 170 Å². The van der Waals surface area contributed by atoms with Gasteiger partial charge >= 0.3 is 0 Å². The molecule has 2 aromatic carbocycles. The van der Waals surface area contributed by atoms with Crippen LogP contribution in [0.5, 0.6) is 0 Å². The number of aromatic nitrogens is 2. The summed E-state index contributed by atoms with van der Waals surface area (Å²) in [6, 6.07) is 14.8. The van der Waals surface area contributed by atoms with Gasteiger partial charge in [0.05, 0.1) is 0 Å². The van der Waals surface area contributed by atoms with E-state index < -0.39 is 0 Å². The van der Waals surface area contributed by atoms with Gasteiger partial charge in [0.25, 0.3) is 5.91 Å². The fourth-order valence-electron chi connectivity index (χ4n) is 3.83. The van der Waals surface area contributed by atoms with Gasteiger partial charge in [-0.15, -0.1) is 0 Å². The summed E-state index contributed by atoms with van der Waals surface area (Å²) in [4.78, 5) is 23.9. The van der Waals surface area contributed by atoms with Gasteiger partial charge in [-0.2, -0.15) is 0 Å². The van der Waals surface area contributed by atoms with Crippen LogP contribution in [0.4, 0.5) is 4.39 Å². The van der Waals surface area contributed by atoms with E-state index in [2.05, 4.69) is 11.1 Å². The van der Waals surface area contributed by atoms with Crippen molar-refractivity contribution in [2.75, 3.05) is 13.1 Å². The Morgan fingerprint density at radius 1 is 1.14 bits per heavy atom. The number of likely N-dealkylation sites (tertiary alicyclic amines) is 1. The van der Waals surface area contributed by atoms with Crippen LogP contribution in [0.3, 0.4) is 0 Å². The number of hydrogen-bond donors (Lipinski definition) is 0. The zero-order valence-corrected chi connectivity index (χ0v) is 16.7. The van der Waals surface area contributed by atoms with Crippen molar-refractivity contribution in [1.82, 2.24) is 14.9 Å². The Morgan fingerprint density at radius 3 is 2.79 bits per heavy atom. The largest absolute Gasteiger partial charge is 0.338 e. The third-order valence-electron chi connectivity index (χ3n) is 5.50. The standard InChI is InChI=1S/C24H24FN3O/c1-16-5-3-6-18(13-16)23-26-11-10-22(27-23)20-7-4-12-28(15-20)24(29)19-9-8-17(2)21(25)14-19/h3,5-6,8-11,13-14,20H,4,7,12,15H2,1-2H3. The van der Waals surface area contributed by atoms with E-state index in [4.69, 9.17) is 4.98 Å². The summed E-state index contributed by atoms with van der Waals surface area (Å²) in [5, 5.41) is 0. The zero-order valence-electron chi connectivity index (χ0n) is 16.7. The molecule has 0 aliphatic carbocycles. The summed E-state index contributed by atoms with van der Waals surface area (Å²) in [5.41, 5.74) is 4.05. The first-order chi connectivity index (χ1) is 14.0. The normalized spacial score (nSPS) is 16.7. The molecule has 0 saturated carbocycles. The number of piperidine rings is 1. The average molecular weight is 389 g/mol. The average Bonchev–Trinajstić information content (AvgIpc) is 2.75. The van der Waals surface area contributed by atoms with Crippen LogP contribution in [0.2, 0.25) is 0 Å². The molecule has 3 aromatic rings. The molecular weight excluding hydrogens is 365 g/mol. The van der Waals surface area contributed by atoms with Crippen molar-refractivity contribution in [3.63, 3.8) is 0 Å². The molecule has 1 amide bonds. The van der Waals surface area contributed by atoms with Crippen molar-refractivity contribution in [2.45, 2.75) is 32.6 Å². The minimum atomic E-state index is -0.344. The van der Waals surface area contributed by atoms with Crippen LogP contribution in [0, 0.1) is 19.7 Å². The number of aryl methyl sites for hydroxylation is 2. The SMILES string of the molecule is Cc1cccc(-c2nccc(C3CCCN(C(=O)c4ccc(C)c(F)c4)C3)n2)c1. The number of benzene rings is 2. The maximum absolute atomic E-state index is 13.9. The molecule has 1 atom stereocenters. The van der Waals surface area contributed by atoms with Crippen LogP contribution >= 0.6 is 0 Å². The molecule has 1 fully saturated rings. The van der Waals surface area contributed by atoms with Gasteiger partial charge in [-0.1, -0.05) is 29.8 Å². The Balaban J connectivity index is 1.55. The fourth-order valence-corrected chi connectivity index (χ4v) is 3.83. The van der Waals surface area contributed by atoms with E-state index in [0.717, 1.165) is 29.7 Å². The molecule has 1 aromatic heterocycles. The van der Waals surface area contributed by atoms with Crippen molar-refractivity contribution in [1.29, 1.82) is 0 Å². The molecule has 4 rings (SSSR count). The topological polar surface area (TPSA) is 46.1 Å². The molecule has 4 nitrogen and oxygen atoms in total. The van der Waals surface area contributed by atoms with Gasteiger partial charge in [-0.05, 0) is 56.5 Å². The predicted molar refractivity (Wildman–Crippen MR) is 111 cm³/mol. The van der Waals surface area contributed by atoms with Crippen molar-refractivity contribution in [3.05, 3.63) is 82.9 Å². The summed E-state index contributed by atoms with van der Waals surface area (Å²) >= 11 is 0. The van der Waals surface area contributed by atoms with Gasteiger partial charge in [-0.3, -0.25) is 4.79 Å². The van der Waals surface area contributed by atoms with E-state index in [1.54, 1.807) is 25.3 Å². The number of rotatable bonds is 3. The first-order valence-electron chi connectivity index (χ1n) is 9.96. The van der Waals surface area contributed by atoms with E-state index in [9.17, 15) is 9.18 Å². The highest BCUT2D eigenvalue weighted by Crippen LogP contribution is 2.28. The van der Waals surface area contributed by atoms with Crippen molar-refractivity contribution < 1.29 is 9.18 Å². The fraction of sp³-hybridized carbons (Fsp3) is 0.292. The molecule has 1 unspecified atom stereocenters. The van der Waals surface area contributed by atoms with Crippen molar-refractivity contribution >= 4 is 5.91 Å². The van der Waals surface area contributed by atoms with Gasteiger partial charge < -0.3 is 4.90 Å². The molecule has 0 bridgehead atoms. The second-order valence-electron chi connectivity index (χ2n) is 7.73. The zero-order chi connectivity index (χ0) is 20.4. The van der Waals surface area contributed by atoms with Crippen molar-refractivity contribution in [3.8, 4) is 11.4 Å². The summed E-state index contributed by atoms with van der Waals surface area (Å²) in [7, 11) is 0. The van der Waals surface area contributed by atoms with E-state index in [1.807, 2.05) is 36.1 Å². The lowest BCUT2D eigenvalue weighted by atomic mass is 9.94. The number of hydrogen-bond acceptors (Lipinski definition) is 3. The van der Waals surface area contributed by atoms with Crippen LogP contribution in [-0.2, 0) is 0 Å². The number of carbonyl (C=O) groups is 1. The number of halogens is 1. The van der Waals surface area contributed by atoms with Gasteiger partial charge in [0.1, 0.15) is 5.82 Å². The van der Waals surface area contributed by atoms with Gasteiger partial charge in [0.2, 0.25) is 0 Å². The third kappa shape index (κ3) is 4.19. The van der Waals surface area contributed by atoms with E-state index in [1.165, 1.54) is 6.07 Å². The van der Waals surface area contributed by atoms with Crippen LogP contribution < -0.4 is 0 Å². The van der Waals surface area contributed by atoms with Gasteiger partial charge in [0.15, 0.2) is 5.82 Å². The molecule has 2 heterocycles. The quantitative estimate of drug-likeness (QED) is 0.639. The molecule has 148 valence electrons. The highest BCUT2D eigenvalue weighted by Gasteiger charge is 2.27. The van der Waals surface area contributed by atoms with Gasteiger partial charge in [0, 0.05) is 42.0 Å².